The average Bonchev–Trinajstić information content (AvgIpc) is 2.07. The van der Waals surface area contributed by atoms with Crippen molar-refractivity contribution in [3.8, 4) is 0 Å². The first kappa shape index (κ1) is 10.4. The Morgan fingerprint density at radius 2 is 2.31 bits per heavy atom. The molecule has 1 fully saturated rings. The molecule has 0 aromatic carbocycles. The normalized spacial score (nSPS) is 34.2. The highest BCUT2D eigenvalue weighted by atomic mass is 16.5. The highest BCUT2D eigenvalue weighted by Crippen LogP contribution is 2.13. The molecule has 0 aliphatic carbocycles. The van der Waals surface area contributed by atoms with E-state index >= 15 is 0 Å². The van der Waals surface area contributed by atoms with Crippen LogP contribution in [-0.2, 0) is 9.53 Å². The molecule has 5 nitrogen and oxygen atoms in total. The Labute approximate surface area is 76.7 Å². The topological polar surface area (TPSA) is 78.8 Å². The molecule has 1 amide bonds. The fraction of sp³-hybridized carbons (Fsp3) is 0.875. The fourth-order valence-electron chi connectivity index (χ4n) is 1.28. The first-order chi connectivity index (χ1) is 6.11. The second-order valence-electron chi connectivity index (χ2n) is 3.19. The molecule has 0 saturated carbocycles. The molecule has 0 aromatic heterocycles. The monoisotopic (exact) mass is 189 g/mol. The second-order valence-corrected chi connectivity index (χ2v) is 3.19. The molecule has 76 valence electrons. The lowest BCUT2D eigenvalue weighted by Gasteiger charge is -2.31. The molecule has 1 aliphatic rings. The van der Waals surface area contributed by atoms with Crippen molar-refractivity contribution in [2.45, 2.75) is 31.7 Å². The molecule has 1 rings (SSSR count). The van der Waals surface area contributed by atoms with Crippen molar-refractivity contribution in [1.29, 1.82) is 0 Å². The van der Waals surface area contributed by atoms with Gasteiger partial charge in [-0.3, -0.25) is 4.79 Å². The third kappa shape index (κ3) is 2.95. The van der Waals surface area contributed by atoms with Crippen LogP contribution < -0.4 is 5.32 Å². The van der Waals surface area contributed by atoms with Crippen LogP contribution in [-0.4, -0.2) is 47.6 Å². The van der Waals surface area contributed by atoms with E-state index in [2.05, 4.69) is 5.32 Å². The van der Waals surface area contributed by atoms with Crippen molar-refractivity contribution < 1.29 is 19.7 Å². The van der Waals surface area contributed by atoms with Crippen LogP contribution in [0.1, 0.15) is 13.3 Å². The lowest BCUT2D eigenvalue weighted by atomic mass is 10.0. The highest BCUT2D eigenvalue weighted by Gasteiger charge is 2.31. The van der Waals surface area contributed by atoms with E-state index in [0.717, 1.165) is 0 Å². The standard InChI is InChI=1S/C8H15NO4/c1-5(10)9-4-7-8(12)6(11)2-3-13-7/h6-8,11-12H,2-4H2,1H3,(H,9,10)/t6?,7?,8-/m0/s1. The Hall–Kier alpha value is -0.650. The highest BCUT2D eigenvalue weighted by molar-refractivity contribution is 5.72. The first-order valence-corrected chi connectivity index (χ1v) is 4.33. The number of amides is 1. The van der Waals surface area contributed by atoms with Gasteiger partial charge in [-0.05, 0) is 6.42 Å². The van der Waals surface area contributed by atoms with E-state index in [0.29, 0.717) is 13.0 Å². The summed E-state index contributed by atoms with van der Waals surface area (Å²) < 4.78 is 5.19. The summed E-state index contributed by atoms with van der Waals surface area (Å²) in [7, 11) is 0. The van der Waals surface area contributed by atoms with Crippen LogP contribution in [0, 0.1) is 0 Å². The predicted octanol–water partition coefficient (Wildman–Crippen LogP) is -1.37. The summed E-state index contributed by atoms with van der Waals surface area (Å²) in [4.78, 5) is 10.6. The average molecular weight is 189 g/mol. The number of nitrogens with one attached hydrogen (secondary N) is 1. The number of aliphatic hydroxyl groups is 2. The van der Waals surface area contributed by atoms with Gasteiger partial charge in [0.1, 0.15) is 12.2 Å². The van der Waals surface area contributed by atoms with Gasteiger partial charge in [0.25, 0.3) is 0 Å². The molecule has 0 spiro atoms. The maximum atomic E-state index is 10.6. The van der Waals surface area contributed by atoms with Crippen molar-refractivity contribution in [2.24, 2.45) is 0 Å². The van der Waals surface area contributed by atoms with E-state index in [1.54, 1.807) is 0 Å². The van der Waals surface area contributed by atoms with Crippen molar-refractivity contribution in [1.82, 2.24) is 5.32 Å². The molecule has 0 radical (unpaired) electrons. The maximum absolute atomic E-state index is 10.6. The molecule has 0 aromatic rings. The summed E-state index contributed by atoms with van der Waals surface area (Å²) >= 11 is 0. The number of aliphatic hydroxyl groups excluding tert-OH is 2. The third-order valence-electron chi connectivity index (χ3n) is 2.07. The largest absolute Gasteiger partial charge is 0.390 e. The number of ether oxygens (including phenoxy) is 1. The van der Waals surface area contributed by atoms with Crippen molar-refractivity contribution >= 4 is 5.91 Å². The van der Waals surface area contributed by atoms with Crippen LogP contribution in [0.3, 0.4) is 0 Å². The predicted molar refractivity (Wildman–Crippen MR) is 45.1 cm³/mol. The second kappa shape index (κ2) is 4.55. The third-order valence-corrected chi connectivity index (χ3v) is 2.07. The van der Waals surface area contributed by atoms with Gasteiger partial charge < -0.3 is 20.3 Å². The number of carbonyl (C=O) groups is 1. The molecular weight excluding hydrogens is 174 g/mol. The quantitative estimate of drug-likeness (QED) is 0.501. The minimum absolute atomic E-state index is 0.170. The van der Waals surface area contributed by atoms with Gasteiger partial charge in [0, 0.05) is 20.1 Å². The molecule has 1 heterocycles. The molecule has 13 heavy (non-hydrogen) atoms. The summed E-state index contributed by atoms with van der Waals surface area (Å²) in [5, 5.41) is 21.2. The van der Waals surface area contributed by atoms with Gasteiger partial charge >= 0.3 is 0 Å². The zero-order valence-electron chi connectivity index (χ0n) is 7.56. The van der Waals surface area contributed by atoms with Gasteiger partial charge in [0.15, 0.2) is 0 Å². The Kier molecular flexibility index (Phi) is 3.65. The van der Waals surface area contributed by atoms with Crippen LogP contribution >= 0.6 is 0 Å². The molecule has 3 atom stereocenters. The summed E-state index contributed by atoms with van der Waals surface area (Å²) in [6.07, 6.45) is -1.70. The van der Waals surface area contributed by atoms with E-state index in [-0.39, 0.29) is 12.5 Å². The van der Waals surface area contributed by atoms with Crippen LogP contribution in [0.5, 0.6) is 0 Å². The summed E-state index contributed by atoms with van der Waals surface area (Å²) in [6, 6.07) is 0. The lowest BCUT2D eigenvalue weighted by Crippen LogP contribution is -2.49. The van der Waals surface area contributed by atoms with Gasteiger partial charge in [-0.15, -0.1) is 0 Å². The maximum Gasteiger partial charge on any atom is 0.216 e. The first-order valence-electron chi connectivity index (χ1n) is 4.33. The molecule has 1 aliphatic heterocycles. The van der Waals surface area contributed by atoms with Crippen LogP contribution in [0.2, 0.25) is 0 Å². The minimum Gasteiger partial charge on any atom is -0.390 e. The van der Waals surface area contributed by atoms with E-state index in [1.807, 2.05) is 0 Å². The van der Waals surface area contributed by atoms with Gasteiger partial charge in [0.2, 0.25) is 5.91 Å². The fourth-order valence-corrected chi connectivity index (χ4v) is 1.28. The SMILES string of the molecule is CC(=O)NCC1OCCC(O)[C@@H]1O. The molecule has 3 N–H and O–H groups in total. The van der Waals surface area contributed by atoms with Crippen LogP contribution in [0.15, 0.2) is 0 Å². The zero-order chi connectivity index (χ0) is 9.84. The minimum atomic E-state index is -0.902. The van der Waals surface area contributed by atoms with E-state index in [4.69, 9.17) is 4.74 Å². The number of hydrogen-bond donors (Lipinski definition) is 3. The Morgan fingerprint density at radius 3 is 2.92 bits per heavy atom. The lowest BCUT2D eigenvalue weighted by molar-refractivity contribution is -0.137. The molecule has 2 unspecified atom stereocenters. The molecule has 1 saturated heterocycles. The summed E-state index contributed by atoms with van der Waals surface area (Å²) in [6.45, 7) is 2.06. The van der Waals surface area contributed by atoms with Gasteiger partial charge in [-0.1, -0.05) is 0 Å². The molecule has 0 bridgehead atoms. The van der Waals surface area contributed by atoms with Crippen LogP contribution in [0.4, 0.5) is 0 Å². The van der Waals surface area contributed by atoms with E-state index in [1.165, 1.54) is 6.92 Å². The number of rotatable bonds is 2. The van der Waals surface area contributed by atoms with Crippen molar-refractivity contribution in [3.05, 3.63) is 0 Å². The molecule has 5 heteroatoms. The van der Waals surface area contributed by atoms with Crippen LogP contribution in [0.25, 0.3) is 0 Å². The van der Waals surface area contributed by atoms with Crippen molar-refractivity contribution in [3.63, 3.8) is 0 Å². The summed E-state index contributed by atoms with van der Waals surface area (Å²) in [5.41, 5.74) is 0. The zero-order valence-corrected chi connectivity index (χ0v) is 7.56. The molecular formula is C8H15NO4. The number of hydrogen-bond acceptors (Lipinski definition) is 4. The number of carbonyl (C=O) groups excluding carboxylic acids is 1. The van der Waals surface area contributed by atoms with Gasteiger partial charge in [0.05, 0.1) is 6.10 Å². The van der Waals surface area contributed by atoms with Gasteiger partial charge in [-0.2, -0.15) is 0 Å². The Balaban J connectivity index is 2.35. The van der Waals surface area contributed by atoms with E-state index in [9.17, 15) is 15.0 Å². The van der Waals surface area contributed by atoms with Crippen molar-refractivity contribution in [2.75, 3.05) is 13.2 Å². The Bertz CT molecular complexity index is 185. The van der Waals surface area contributed by atoms with E-state index < -0.39 is 18.3 Å². The summed E-state index contributed by atoms with van der Waals surface area (Å²) in [5.74, 6) is -0.170. The smallest absolute Gasteiger partial charge is 0.216 e. The van der Waals surface area contributed by atoms with Gasteiger partial charge in [-0.25, -0.2) is 0 Å². The Morgan fingerprint density at radius 1 is 1.62 bits per heavy atom.